The van der Waals surface area contributed by atoms with Crippen molar-refractivity contribution in [1.29, 1.82) is 5.26 Å². The van der Waals surface area contributed by atoms with Crippen LogP contribution in [0.2, 0.25) is 0 Å². The van der Waals surface area contributed by atoms with Gasteiger partial charge in [-0.15, -0.1) is 0 Å². The van der Waals surface area contributed by atoms with Gasteiger partial charge in [0.15, 0.2) is 0 Å². The zero-order valence-corrected chi connectivity index (χ0v) is 7.61. The van der Waals surface area contributed by atoms with Crippen LogP contribution in [0.3, 0.4) is 0 Å². The molecule has 0 radical (unpaired) electrons. The van der Waals surface area contributed by atoms with Gasteiger partial charge in [0.2, 0.25) is 5.91 Å². The molecular weight excluding hydrogens is 182 g/mol. The first-order valence-corrected chi connectivity index (χ1v) is 3.92. The molecule has 0 saturated heterocycles. The summed E-state index contributed by atoms with van der Waals surface area (Å²) in [7, 11) is 1.54. The fourth-order valence-electron chi connectivity index (χ4n) is 0.805. The zero-order valence-electron chi connectivity index (χ0n) is 7.61. The lowest BCUT2D eigenvalue weighted by Gasteiger charge is -2.04. The van der Waals surface area contributed by atoms with E-state index in [1.807, 2.05) is 6.07 Å². The van der Waals surface area contributed by atoms with Crippen molar-refractivity contribution in [3.63, 3.8) is 0 Å². The predicted molar refractivity (Wildman–Crippen MR) is 49.3 cm³/mol. The molecule has 0 fully saturated rings. The number of carbonyl (C=O) groups excluding carboxylic acids is 1. The first-order valence-electron chi connectivity index (χ1n) is 3.92. The van der Waals surface area contributed by atoms with Crippen molar-refractivity contribution in [3.05, 3.63) is 18.1 Å². The van der Waals surface area contributed by atoms with Gasteiger partial charge >= 0.3 is 0 Å². The summed E-state index contributed by atoms with van der Waals surface area (Å²) < 4.78 is 0. The molecule has 2 N–H and O–H groups in total. The fourth-order valence-corrected chi connectivity index (χ4v) is 0.805. The molecule has 0 spiro atoms. The van der Waals surface area contributed by atoms with Crippen LogP contribution in [0, 0.1) is 11.3 Å². The van der Waals surface area contributed by atoms with Crippen molar-refractivity contribution in [3.8, 4) is 6.07 Å². The lowest BCUT2D eigenvalue weighted by atomic mass is 10.3. The monoisotopic (exact) mass is 191 g/mol. The third-order valence-electron chi connectivity index (χ3n) is 1.53. The molecule has 14 heavy (non-hydrogen) atoms. The number of aromatic nitrogens is 2. The van der Waals surface area contributed by atoms with Gasteiger partial charge < -0.3 is 10.6 Å². The molecule has 6 nitrogen and oxygen atoms in total. The molecule has 1 aromatic rings. The van der Waals surface area contributed by atoms with Crippen LogP contribution in [-0.4, -0.2) is 29.5 Å². The average Bonchev–Trinajstić information content (AvgIpc) is 2.26. The van der Waals surface area contributed by atoms with Crippen molar-refractivity contribution in [2.24, 2.45) is 0 Å². The summed E-state index contributed by atoms with van der Waals surface area (Å²) in [5, 5.41) is 13.8. The molecule has 0 aromatic carbocycles. The highest BCUT2D eigenvalue weighted by molar-refractivity contribution is 5.80. The summed E-state index contributed by atoms with van der Waals surface area (Å²) >= 11 is 0. The number of nitriles is 1. The SMILES string of the molecule is CNC(=O)CNc1ncncc1C#N. The number of anilines is 1. The molecular formula is C8H9N5O. The highest BCUT2D eigenvalue weighted by atomic mass is 16.1. The Morgan fingerprint density at radius 1 is 1.71 bits per heavy atom. The number of nitrogens with zero attached hydrogens (tertiary/aromatic N) is 3. The lowest BCUT2D eigenvalue weighted by Crippen LogP contribution is -2.26. The van der Waals surface area contributed by atoms with E-state index in [1.165, 1.54) is 19.6 Å². The van der Waals surface area contributed by atoms with E-state index in [-0.39, 0.29) is 12.5 Å². The maximum absolute atomic E-state index is 10.9. The van der Waals surface area contributed by atoms with Crippen molar-refractivity contribution in [1.82, 2.24) is 15.3 Å². The van der Waals surface area contributed by atoms with E-state index < -0.39 is 0 Å². The second kappa shape index (κ2) is 4.77. The number of carbonyl (C=O) groups is 1. The van der Waals surface area contributed by atoms with Gasteiger partial charge in [0, 0.05) is 7.05 Å². The van der Waals surface area contributed by atoms with E-state index in [4.69, 9.17) is 5.26 Å². The Morgan fingerprint density at radius 3 is 3.14 bits per heavy atom. The number of likely N-dealkylation sites (N-methyl/N-ethyl adjacent to an activating group) is 1. The second-order valence-electron chi connectivity index (χ2n) is 2.42. The average molecular weight is 191 g/mol. The highest BCUT2D eigenvalue weighted by Gasteiger charge is 2.03. The van der Waals surface area contributed by atoms with Crippen molar-refractivity contribution in [2.75, 3.05) is 18.9 Å². The van der Waals surface area contributed by atoms with Gasteiger partial charge in [0.05, 0.1) is 12.7 Å². The molecule has 0 aliphatic heterocycles. The minimum absolute atomic E-state index is 0.0855. The van der Waals surface area contributed by atoms with Crippen LogP contribution in [-0.2, 0) is 4.79 Å². The summed E-state index contributed by atoms with van der Waals surface area (Å²) in [6, 6.07) is 1.92. The number of hydrogen-bond donors (Lipinski definition) is 2. The normalized spacial score (nSPS) is 8.86. The fraction of sp³-hybridized carbons (Fsp3) is 0.250. The maximum Gasteiger partial charge on any atom is 0.239 e. The van der Waals surface area contributed by atoms with Gasteiger partial charge in [-0.05, 0) is 0 Å². The predicted octanol–water partition coefficient (Wildman–Crippen LogP) is -0.494. The van der Waals surface area contributed by atoms with E-state index in [2.05, 4.69) is 20.6 Å². The first-order chi connectivity index (χ1) is 6.77. The van der Waals surface area contributed by atoms with E-state index in [1.54, 1.807) is 0 Å². The summed E-state index contributed by atoms with van der Waals surface area (Å²) in [5.41, 5.74) is 0.316. The molecule has 1 heterocycles. The molecule has 0 atom stereocenters. The third-order valence-corrected chi connectivity index (χ3v) is 1.53. The molecule has 1 amide bonds. The molecule has 0 aliphatic rings. The molecule has 72 valence electrons. The second-order valence-corrected chi connectivity index (χ2v) is 2.42. The Morgan fingerprint density at radius 2 is 2.50 bits per heavy atom. The Balaban J connectivity index is 2.68. The van der Waals surface area contributed by atoms with Crippen LogP contribution in [0.1, 0.15) is 5.56 Å². The largest absolute Gasteiger partial charge is 0.360 e. The number of nitrogens with one attached hydrogen (secondary N) is 2. The Labute approximate surface area is 81.0 Å². The van der Waals surface area contributed by atoms with Gasteiger partial charge in [-0.25, -0.2) is 9.97 Å². The molecule has 0 aliphatic carbocycles. The number of hydrogen-bond acceptors (Lipinski definition) is 5. The molecule has 1 aromatic heterocycles. The zero-order chi connectivity index (χ0) is 10.4. The van der Waals surface area contributed by atoms with Gasteiger partial charge in [-0.1, -0.05) is 0 Å². The summed E-state index contributed by atoms with van der Waals surface area (Å²) in [6.07, 6.45) is 2.70. The smallest absolute Gasteiger partial charge is 0.239 e. The number of rotatable bonds is 3. The van der Waals surface area contributed by atoms with Crippen molar-refractivity contribution >= 4 is 11.7 Å². The Bertz CT molecular complexity index is 370. The molecule has 0 unspecified atom stereocenters. The lowest BCUT2D eigenvalue weighted by molar-refractivity contribution is -0.118. The molecule has 0 saturated carbocycles. The van der Waals surface area contributed by atoms with E-state index in [0.29, 0.717) is 11.4 Å². The minimum atomic E-state index is -0.174. The van der Waals surface area contributed by atoms with Gasteiger partial charge in [0.25, 0.3) is 0 Å². The summed E-state index contributed by atoms with van der Waals surface area (Å²) in [5.74, 6) is 0.193. The van der Waals surface area contributed by atoms with Gasteiger partial charge in [-0.2, -0.15) is 5.26 Å². The minimum Gasteiger partial charge on any atom is -0.360 e. The first kappa shape index (κ1) is 9.92. The summed E-state index contributed by atoms with van der Waals surface area (Å²) in [4.78, 5) is 18.4. The molecule has 1 rings (SSSR count). The van der Waals surface area contributed by atoms with E-state index in [0.717, 1.165) is 0 Å². The Kier molecular flexibility index (Phi) is 3.38. The highest BCUT2D eigenvalue weighted by Crippen LogP contribution is 2.06. The van der Waals surface area contributed by atoms with E-state index in [9.17, 15) is 4.79 Å². The molecule has 0 bridgehead atoms. The Hall–Kier alpha value is -2.16. The maximum atomic E-state index is 10.9. The van der Waals surface area contributed by atoms with Crippen LogP contribution >= 0.6 is 0 Å². The third kappa shape index (κ3) is 2.42. The van der Waals surface area contributed by atoms with Crippen LogP contribution in [0.15, 0.2) is 12.5 Å². The molecule has 6 heteroatoms. The standard InChI is InChI=1S/C8H9N5O/c1-10-7(14)4-12-8-6(2-9)3-11-5-13-8/h3,5H,4H2,1H3,(H,10,14)(H,11,12,13). The van der Waals surface area contributed by atoms with E-state index >= 15 is 0 Å². The van der Waals surface area contributed by atoms with Crippen LogP contribution < -0.4 is 10.6 Å². The van der Waals surface area contributed by atoms with Gasteiger partial charge in [0.1, 0.15) is 23.8 Å². The quantitative estimate of drug-likeness (QED) is 0.672. The van der Waals surface area contributed by atoms with Crippen LogP contribution in [0.5, 0.6) is 0 Å². The van der Waals surface area contributed by atoms with Crippen molar-refractivity contribution in [2.45, 2.75) is 0 Å². The summed E-state index contributed by atoms with van der Waals surface area (Å²) in [6.45, 7) is 0.0855. The van der Waals surface area contributed by atoms with Gasteiger partial charge in [-0.3, -0.25) is 4.79 Å². The van der Waals surface area contributed by atoms with Crippen LogP contribution in [0.25, 0.3) is 0 Å². The topological polar surface area (TPSA) is 90.7 Å². The van der Waals surface area contributed by atoms with Crippen LogP contribution in [0.4, 0.5) is 5.82 Å². The number of amides is 1. The van der Waals surface area contributed by atoms with Crippen molar-refractivity contribution < 1.29 is 4.79 Å².